The van der Waals surface area contributed by atoms with Crippen LogP contribution in [0.4, 0.5) is 5.69 Å². The molecule has 5 heteroatoms. The zero-order chi connectivity index (χ0) is 19.1. The molecule has 0 bridgehead atoms. The molecule has 0 saturated heterocycles. The third kappa shape index (κ3) is 5.58. The van der Waals surface area contributed by atoms with Crippen molar-refractivity contribution in [1.29, 1.82) is 0 Å². The quantitative estimate of drug-likeness (QED) is 0.664. The van der Waals surface area contributed by atoms with Crippen molar-refractivity contribution in [3.05, 3.63) is 60.2 Å². The number of carbonyl (C=O) groups is 2. The predicted octanol–water partition coefficient (Wildman–Crippen LogP) is 3.76. The van der Waals surface area contributed by atoms with Crippen molar-refractivity contribution in [3.8, 4) is 5.75 Å². The largest absolute Gasteiger partial charge is 0.489 e. The summed E-state index contributed by atoms with van der Waals surface area (Å²) in [4.78, 5) is 24.3. The molecule has 27 heavy (non-hydrogen) atoms. The molecular formula is C22H26N2O3. The summed E-state index contributed by atoms with van der Waals surface area (Å²) in [5.41, 5.74) is 1.82. The second-order valence-corrected chi connectivity index (χ2v) is 6.88. The van der Waals surface area contributed by atoms with Crippen molar-refractivity contribution in [3.63, 3.8) is 0 Å². The van der Waals surface area contributed by atoms with E-state index in [1.165, 1.54) is 0 Å². The van der Waals surface area contributed by atoms with Gasteiger partial charge in [0.05, 0.1) is 11.8 Å². The van der Waals surface area contributed by atoms with E-state index in [-0.39, 0.29) is 23.7 Å². The molecule has 0 heterocycles. The molecule has 1 aliphatic carbocycles. The summed E-state index contributed by atoms with van der Waals surface area (Å²) >= 11 is 0. The van der Waals surface area contributed by atoms with Crippen LogP contribution in [0.3, 0.4) is 0 Å². The summed E-state index contributed by atoms with van der Waals surface area (Å²) in [6.07, 6.45) is 2.63. The highest BCUT2D eigenvalue weighted by Gasteiger charge is 2.47. The number of benzene rings is 2. The van der Waals surface area contributed by atoms with Gasteiger partial charge < -0.3 is 15.4 Å². The summed E-state index contributed by atoms with van der Waals surface area (Å²) in [6.45, 7) is 3.27. The lowest BCUT2D eigenvalue weighted by atomic mass is 10.2. The van der Waals surface area contributed by atoms with Crippen molar-refractivity contribution < 1.29 is 14.3 Å². The summed E-state index contributed by atoms with van der Waals surface area (Å²) in [6, 6.07) is 17.3. The van der Waals surface area contributed by atoms with E-state index in [0.717, 1.165) is 24.2 Å². The predicted molar refractivity (Wildman–Crippen MR) is 105 cm³/mol. The van der Waals surface area contributed by atoms with Gasteiger partial charge >= 0.3 is 0 Å². The zero-order valence-corrected chi connectivity index (χ0v) is 15.6. The first-order valence-corrected chi connectivity index (χ1v) is 9.52. The Hall–Kier alpha value is -2.82. The number of amides is 2. The van der Waals surface area contributed by atoms with Gasteiger partial charge in [0.2, 0.25) is 11.8 Å². The smallest absolute Gasteiger partial charge is 0.228 e. The molecule has 2 aromatic rings. The minimum absolute atomic E-state index is 0.00624. The Kier molecular flexibility index (Phi) is 6.47. The number of hydrogen-bond donors (Lipinski definition) is 2. The van der Waals surface area contributed by atoms with Crippen LogP contribution >= 0.6 is 0 Å². The molecule has 2 aromatic carbocycles. The highest BCUT2D eigenvalue weighted by atomic mass is 16.5. The number of ether oxygens (including phenoxy) is 1. The fourth-order valence-corrected chi connectivity index (χ4v) is 2.90. The number of hydrogen-bond acceptors (Lipinski definition) is 3. The molecule has 2 atom stereocenters. The van der Waals surface area contributed by atoms with Crippen molar-refractivity contribution in [2.45, 2.75) is 32.8 Å². The van der Waals surface area contributed by atoms with Crippen LogP contribution in [0.25, 0.3) is 0 Å². The van der Waals surface area contributed by atoms with E-state index in [2.05, 4.69) is 17.6 Å². The summed E-state index contributed by atoms with van der Waals surface area (Å²) in [5.74, 6) is 0.240. The molecule has 2 unspecified atom stereocenters. The van der Waals surface area contributed by atoms with Crippen LogP contribution in [0.2, 0.25) is 0 Å². The first-order valence-electron chi connectivity index (χ1n) is 9.52. The lowest BCUT2D eigenvalue weighted by molar-refractivity contribution is -0.125. The van der Waals surface area contributed by atoms with Gasteiger partial charge in [-0.25, -0.2) is 0 Å². The van der Waals surface area contributed by atoms with E-state index in [4.69, 9.17) is 4.74 Å². The third-order valence-electron chi connectivity index (χ3n) is 4.66. The minimum atomic E-state index is -0.222. The number of nitrogens with one attached hydrogen (secondary N) is 2. The van der Waals surface area contributed by atoms with Gasteiger partial charge in [0, 0.05) is 12.2 Å². The van der Waals surface area contributed by atoms with E-state index in [0.29, 0.717) is 25.3 Å². The van der Waals surface area contributed by atoms with Crippen molar-refractivity contribution in [2.24, 2.45) is 11.8 Å². The Morgan fingerprint density at radius 2 is 1.70 bits per heavy atom. The molecule has 2 N–H and O–H groups in total. The molecule has 1 aliphatic rings. The maximum atomic E-state index is 12.3. The van der Waals surface area contributed by atoms with Gasteiger partial charge in [0.15, 0.2) is 0 Å². The van der Waals surface area contributed by atoms with E-state index >= 15 is 0 Å². The van der Waals surface area contributed by atoms with Crippen LogP contribution in [0.1, 0.15) is 31.7 Å². The topological polar surface area (TPSA) is 67.4 Å². The summed E-state index contributed by atoms with van der Waals surface area (Å²) in [7, 11) is 0. The monoisotopic (exact) mass is 366 g/mol. The molecule has 142 valence electrons. The van der Waals surface area contributed by atoms with Crippen molar-refractivity contribution in [2.75, 3.05) is 11.9 Å². The molecule has 1 fully saturated rings. The van der Waals surface area contributed by atoms with Gasteiger partial charge in [-0.15, -0.1) is 0 Å². The normalized spacial score (nSPS) is 17.8. The Morgan fingerprint density at radius 3 is 2.41 bits per heavy atom. The zero-order valence-electron chi connectivity index (χ0n) is 15.6. The van der Waals surface area contributed by atoms with Gasteiger partial charge in [0.25, 0.3) is 0 Å². The van der Waals surface area contributed by atoms with E-state index in [1.807, 2.05) is 54.6 Å². The molecule has 2 amide bonds. The highest BCUT2D eigenvalue weighted by Crippen LogP contribution is 2.39. The van der Waals surface area contributed by atoms with Crippen molar-refractivity contribution in [1.82, 2.24) is 5.32 Å². The van der Waals surface area contributed by atoms with Crippen LogP contribution in [0.5, 0.6) is 5.75 Å². The first kappa shape index (κ1) is 19.0. The van der Waals surface area contributed by atoms with Crippen LogP contribution < -0.4 is 15.4 Å². The first-order chi connectivity index (χ1) is 13.2. The van der Waals surface area contributed by atoms with Crippen LogP contribution in [-0.4, -0.2) is 18.4 Å². The number of anilines is 1. The fraction of sp³-hybridized carbons (Fsp3) is 0.364. The Labute approximate surface area is 160 Å². The maximum absolute atomic E-state index is 12.3. The van der Waals surface area contributed by atoms with E-state index in [9.17, 15) is 9.59 Å². The van der Waals surface area contributed by atoms with Crippen LogP contribution in [0, 0.1) is 11.8 Å². The fourth-order valence-electron chi connectivity index (χ4n) is 2.90. The Bertz CT molecular complexity index is 759. The van der Waals surface area contributed by atoms with Gasteiger partial charge in [-0.1, -0.05) is 43.7 Å². The SMILES string of the molecule is CCCCNC(=O)C1CC1C(=O)Nc1ccc(OCc2ccccc2)cc1. The van der Waals surface area contributed by atoms with Gasteiger partial charge in [-0.3, -0.25) is 9.59 Å². The average Bonchev–Trinajstić information content (AvgIpc) is 3.49. The molecule has 3 rings (SSSR count). The minimum Gasteiger partial charge on any atom is -0.489 e. The summed E-state index contributed by atoms with van der Waals surface area (Å²) < 4.78 is 5.74. The second-order valence-electron chi connectivity index (χ2n) is 6.88. The average molecular weight is 366 g/mol. The highest BCUT2D eigenvalue weighted by molar-refractivity contribution is 5.99. The lowest BCUT2D eigenvalue weighted by Crippen LogP contribution is -2.28. The standard InChI is InChI=1S/C22H26N2O3/c1-2-3-13-23-21(25)19-14-20(19)22(26)24-17-9-11-18(12-10-17)27-15-16-7-5-4-6-8-16/h4-12,19-20H,2-3,13-15H2,1H3,(H,23,25)(H,24,26). The van der Waals surface area contributed by atoms with Gasteiger partial charge in [0.1, 0.15) is 12.4 Å². The van der Waals surface area contributed by atoms with E-state index in [1.54, 1.807) is 0 Å². The Balaban J connectivity index is 1.43. The molecule has 0 aromatic heterocycles. The summed E-state index contributed by atoms with van der Waals surface area (Å²) in [5, 5.41) is 5.78. The third-order valence-corrected chi connectivity index (χ3v) is 4.66. The van der Waals surface area contributed by atoms with Gasteiger partial charge in [-0.05, 0) is 42.7 Å². The molecule has 0 spiro atoms. The van der Waals surface area contributed by atoms with Crippen molar-refractivity contribution >= 4 is 17.5 Å². The molecule has 0 aliphatic heterocycles. The maximum Gasteiger partial charge on any atom is 0.228 e. The molecule has 5 nitrogen and oxygen atoms in total. The molecular weight excluding hydrogens is 340 g/mol. The van der Waals surface area contributed by atoms with Crippen LogP contribution in [-0.2, 0) is 16.2 Å². The van der Waals surface area contributed by atoms with Crippen LogP contribution in [0.15, 0.2) is 54.6 Å². The second kappa shape index (κ2) is 9.21. The molecule has 1 saturated carbocycles. The molecule has 0 radical (unpaired) electrons. The van der Waals surface area contributed by atoms with E-state index < -0.39 is 0 Å². The number of rotatable bonds is 9. The Morgan fingerprint density at radius 1 is 1.00 bits per heavy atom. The number of unbranched alkanes of at least 4 members (excludes halogenated alkanes) is 1. The lowest BCUT2D eigenvalue weighted by Gasteiger charge is -2.09. The van der Waals surface area contributed by atoms with Gasteiger partial charge in [-0.2, -0.15) is 0 Å². The number of carbonyl (C=O) groups excluding carboxylic acids is 2.